The normalized spacial score (nSPS) is 10.3. The zero-order chi connectivity index (χ0) is 13.8. The van der Waals surface area contributed by atoms with E-state index in [0.29, 0.717) is 0 Å². The Morgan fingerprint density at radius 1 is 1.00 bits per heavy atom. The van der Waals surface area contributed by atoms with Crippen molar-refractivity contribution < 1.29 is 0 Å². The van der Waals surface area contributed by atoms with E-state index in [9.17, 15) is 0 Å². The molecule has 0 amide bonds. The van der Waals surface area contributed by atoms with E-state index in [4.69, 9.17) is 0 Å². The Morgan fingerprint density at radius 2 is 1.68 bits per heavy atom. The Hall–Kier alpha value is -1.000. The Labute approximate surface area is 131 Å². The average Bonchev–Trinajstić information content (AvgIpc) is 2.38. The van der Waals surface area contributed by atoms with E-state index in [1.165, 1.54) is 11.3 Å². The highest BCUT2D eigenvalue weighted by Crippen LogP contribution is 2.26. The van der Waals surface area contributed by atoms with E-state index >= 15 is 0 Å². The zero-order valence-corrected chi connectivity index (χ0v) is 14.1. The molecular formula is C15H16Br2N2. The molecule has 0 aliphatic carbocycles. The predicted molar refractivity (Wildman–Crippen MR) is 89.9 cm³/mol. The van der Waals surface area contributed by atoms with Crippen LogP contribution in [0.5, 0.6) is 0 Å². The lowest BCUT2D eigenvalue weighted by atomic mass is 10.2. The Morgan fingerprint density at radius 3 is 2.26 bits per heavy atom. The number of nitrogens with zero attached hydrogens (tertiary/aromatic N) is 1. The molecule has 0 aliphatic heterocycles. The molecule has 0 aliphatic rings. The van der Waals surface area contributed by atoms with Crippen LogP contribution in [0.3, 0.4) is 0 Å². The minimum atomic E-state index is 0.813. The summed E-state index contributed by atoms with van der Waals surface area (Å²) in [6, 6.07) is 14.7. The van der Waals surface area contributed by atoms with Gasteiger partial charge in [-0.15, -0.1) is 0 Å². The summed E-state index contributed by atoms with van der Waals surface area (Å²) in [6.07, 6.45) is 0. The molecule has 0 saturated carbocycles. The number of rotatable bonds is 4. The minimum absolute atomic E-state index is 0.813. The SMILES string of the molecule is CN(C)c1ccc(CNc2ccc(Br)cc2Br)cc1. The van der Waals surface area contributed by atoms with Gasteiger partial charge in [0.2, 0.25) is 0 Å². The summed E-state index contributed by atoms with van der Waals surface area (Å²) >= 11 is 7.00. The molecule has 2 nitrogen and oxygen atoms in total. The summed E-state index contributed by atoms with van der Waals surface area (Å²) in [6.45, 7) is 0.813. The first kappa shape index (κ1) is 14.4. The molecule has 0 fully saturated rings. The van der Waals surface area contributed by atoms with Crippen LogP contribution in [-0.2, 0) is 6.54 Å². The van der Waals surface area contributed by atoms with E-state index in [0.717, 1.165) is 21.2 Å². The van der Waals surface area contributed by atoms with Crippen LogP contribution in [0.25, 0.3) is 0 Å². The van der Waals surface area contributed by atoms with Crippen molar-refractivity contribution >= 4 is 43.2 Å². The number of anilines is 2. The Balaban J connectivity index is 2.02. The smallest absolute Gasteiger partial charge is 0.0488 e. The van der Waals surface area contributed by atoms with Crippen LogP contribution in [0, 0.1) is 0 Å². The molecule has 0 heterocycles. The highest BCUT2D eigenvalue weighted by molar-refractivity contribution is 9.11. The van der Waals surface area contributed by atoms with E-state index in [2.05, 4.69) is 72.4 Å². The second-order valence-electron chi connectivity index (χ2n) is 4.54. The standard InChI is InChI=1S/C15H16Br2N2/c1-19(2)13-6-3-11(4-7-13)10-18-15-8-5-12(16)9-14(15)17/h3-9,18H,10H2,1-2H3. The zero-order valence-electron chi connectivity index (χ0n) is 11.0. The lowest BCUT2D eigenvalue weighted by Crippen LogP contribution is -2.08. The summed E-state index contributed by atoms with van der Waals surface area (Å²) < 4.78 is 2.13. The van der Waals surface area contributed by atoms with Crippen molar-refractivity contribution in [2.24, 2.45) is 0 Å². The fourth-order valence-corrected chi connectivity index (χ4v) is 2.93. The second kappa shape index (κ2) is 6.44. The third-order valence-corrected chi connectivity index (χ3v) is 4.02. The van der Waals surface area contributed by atoms with E-state index in [-0.39, 0.29) is 0 Å². The maximum Gasteiger partial charge on any atom is 0.0488 e. The van der Waals surface area contributed by atoms with Crippen LogP contribution in [0.15, 0.2) is 51.4 Å². The van der Waals surface area contributed by atoms with Crippen LogP contribution >= 0.6 is 31.9 Å². The van der Waals surface area contributed by atoms with Gasteiger partial charge < -0.3 is 10.2 Å². The van der Waals surface area contributed by atoms with Gasteiger partial charge in [-0.05, 0) is 51.8 Å². The lowest BCUT2D eigenvalue weighted by molar-refractivity contribution is 1.11. The molecule has 2 aromatic rings. The van der Waals surface area contributed by atoms with E-state index in [1.54, 1.807) is 0 Å². The van der Waals surface area contributed by atoms with Crippen LogP contribution < -0.4 is 10.2 Å². The quantitative estimate of drug-likeness (QED) is 0.808. The molecule has 0 spiro atoms. The molecule has 2 rings (SSSR count). The van der Waals surface area contributed by atoms with Crippen molar-refractivity contribution in [3.8, 4) is 0 Å². The predicted octanol–water partition coefficient (Wildman–Crippen LogP) is 4.89. The summed E-state index contributed by atoms with van der Waals surface area (Å²) in [5.41, 5.74) is 3.58. The van der Waals surface area contributed by atoms with Gasteiger partial charge in [0, 0.05) is 41.0 Å². The van der Waals surface area contributed by atoms with Gasteiger partial charge >= 0.3 is 0 Å². The molecule has 0 bridgehead atoms. The Bertz CT molecular complexity index is 551. The molecule has 0 unspecified atom stereocenters. The molecule has 100 valence electrons. The number of nitrogens with one attached hydrogen (secondary N) is 1. The molecule has 4 heteroatoms. The van der Waals surface area contributed by atoms with Gasteiger partial charge in [-0.3, -0.25) is 0 Å². The highest BCUT2D eigenvalue weighted by Gasteiger charge is 2.01. The molecule has 0 atom stereocenters. The first-order valence-electron chi connectivity index (χ1n) is 6.01. The van der Waals surface area contributed by atoms with Gasteiger partial charge in [-0.1, -0.05) is 28.1 Å². The number of hydrogen-bond acceptors (Lipinski definition) is 2. The maximum atomic E-state index is 3.55. The molecule has 0 saturated heterocycles. The van der Waals surface area contributed by atoms with Crippen molar-refractivity contribution in [1.82, 2.24) is 0 Å². The van der Waals surface area contributed by atoms with Gasteiger partial charge in [-0.2, -0.15) is 0 Å². The molecule has 0 radical (unpaired) electrons. The van der Waals surface area contributed by atoms with E-state index < -0.39 is 0 Å². The van der Waals surface area contributed by atoms with Crippen molar-refractivity contribution in [3.63, 3.8) is 0 Å². The fourth-order valence-electron chi connectivity index (χ4n) is 1.74. The average molecular weight is 384 g/mol. The highest BCUT2D eigenvalue weighted by atomic mass is 79.9. The summed E-state index contributed by atoms with van der Waals surface area (Å²) in [7, 11) is 4.10. The first-order chi connectivity index (χ1) is 9.06. The van der Waals surface area contributed by atoms with Gasteiger partial charge in [0.15, 0.2) is 0 Å². The summed E-state index contributed by atoms with van der Waals surface area (Å²) in [5.74, 6) is 0. The summed E-state index contributed by atoms with van der Waals surface area (Å²) in [4.78, 5) is 2.10. The Kier molecular flexibility index (Phi) is 4.88. The minimum Gasteiger partial charge on any atom is -0.380 e. The van der Waals surface area contributed by atoms with Crippen molar-refractivity contribution in [2.75, 3.05) is 24.3 Å². The molecular weight excluding hydrogens is 368 g/mol. The second-order valence-corrected chi connectivity index (χ2v) is 6.31. The van der Waals surface area contributed by atoms with Gasteiger partial charge in [0.05, 0.1) is 0 Å². The third kappa shape index (κ3) is 3.98. The van der Waals surface area contributed by atoms with Gasteiger partial charge in [-0.25, -0.2) is 0 Å². The number of benzene rings is 2. The van der Waals surface area contributed by atoms with Crippen LogP contribution in [-0.4, -0.2) is 14.1 Å². The van der Waals surface area contributed by atoms with Crippen LogP contribution in [0.1, 0.15) is 5.56 Å². The number of hydrogen-bond donors (Lipinski definition) is 1. The molecule has 2 aromatic carbocycles. The lowest BCUT2D eigenvalue weighted by Gasteiger charge is -2.13. The van der Waals surface area contributed by atoms with Gasteiger partial charge in [0.25, 0.3) is 0 Å². The molecule has 1 N–H and O–H groups in total. The van der Waals surface area contributed by atoms with E-state index in [1.807, 2.05) is 26.2 Å². The van der Waals surface area contributed by atoms with Crippen molar-refractivity contribution in [2.45, 2.75) is 6.54 Å². The fraction of sp³-hybridized carbons (Fsp3) is 0.200. The topological polar surface area (TPSA) is 15.3 Å². The van der Waals surface area contributed by atoms with Crippen molar-refractivity contribution in [1.29, 1.82) is 0 Å². The number of halogens is 2. The summed E-state index contributed by atoms with van der Waals surface area (Å²) in [5, 5.41) is 3.42. The third-order valence-electron chi connectivity index (χ3n) is 2.87. The first-order valence-corrected chi connectivity index (χ1v) is 7.60. The van der Waals surface area contributed by atoms with Gasteiger partial charge in [0.1, 0.15) is 0 Å². The largest absolute Gasteiger partial charge is 0.380 e. The maximum absolute atomic E-state index is 3.55. The van der Waals surface area contributed by atoms with Crippen LogP contribution in [0.4, 0.5) is 11.4 Å². The molecule has 19 heavy (non-hydrogen) atoms. The van der Waals surface area contributed by atoms with Crippen molar-refractivity contribution in [3.05, 3.63) is 57.0 Å². The monoisotopic (exact) mass is 382 g/mol. The van der Waals surface area contributed by atoms with Crippen LogP contribution in [0.2, 0.25) is 0 Å². The molecule has 0 aromatic heterocycles.